The van der Waals surface area contributed by atoms with Gasteiger partial charge >= 0.3 is 0 Å². The Labute approximate surface area is 98.3 Å². The molecule has 15 heavy (non-hydrogen) atoms. The summed E-state index contributed by atoms with van der Waals surface area (Å²) in [6.45, 7) is 2.37. The average molecular weight is 258 g/mol. The van der Waals surface area contributed by atoms with Crippen molar-refractivity contribution in [3.05, 3.63) is 10.6 Å². The number of hydrogen-bond donors (Lipinski definition) is 0. The second kappa shape index (κ2) is 6.39. The molecule has 1 saturated carbocycles. The van der Waals surface area contributed by atoms with E-state index < -0.39 is 0 Å². The van der Waals surface area contributed by atoms with Gasteiger partial charge in [0.05, 0.1) is 0 Å². The molecule has 1 atom stereocenters. The van der Waals surface area contributed by atoms with Crippen LogP contribution in [0.1, 0.15) is 67.9 Å². The number of aryl methyl sites for hydroxylation is 1. The van der Waals surface area contributed by atoms with Gasteiger partial charge in [0.25, 0.3) is 0 Å². The summed E-state index contributed by atoms with van der Waals surface area (Å²) < 4.78 is 0. The van der Waals surface area contributed by atoms with E-state index in [4.69, 9.17) is 0 Å². The Bertz CT molecular complexity index is 283. The maximum Gasteiger partial charge on any atom is -0.00573 e. The second-order valence-electron chi connectivity index (χ2n) is 4.69. The van der Waals surface area contributed by atoms with Gasteiger partial charge in [0, 0.05) is 0 Å². The third-order valence-electron chi connectivity index (χ3n) is 3.50. The second-order valence-corrected chi connectivity index (χ2v) is 10.2. The zero-order valence-electron chi connectivity index (χ0n) is 9.63. The summed E-state index contributed by atoms with van der Waals surface area (Å²) in [5.41, 5.74) is 0. The van der Waals surface area contributed by atoms with Crippen molar-refractivity contribution in [2.24, 2.45) is 0 Å². The van der Waals surface area contributed by atoms with Gasteiger partial charge in [-0.05, 0) is 52.0 Å². The van der Waals surface area contributed by atoms with Gasteiger partial charge in [0.2, 0.25) is 0 Å². The van der Waals surface area contributed by atoms with Crippen LogP contribution in [0, 0.1) is 6.92 Å². The van der Waals surface area contributed by atoms with Crippen LogP contribution in [0.2, 0.25) is 0 Å². The molecule has 0 saturated heterocycles. The Morgan fingerprint density at radius 3 is 2.07 bits per heavy atom. The lowest BCUT2D eigenvalue weighted by atomic mass is 9.95. The predicted molar refractivity (Wildman–Crippen MR) is 75.4 cm³/mol. The quantitative estimate of drug-likeness (QED) is 0.546. The average Bonchev–Trinajstić information content (AvgIpc) is 2.68. The summed E-state index contributed by atoms with van der Waals surface area (Å²) in [6, 6.07) is 0. The normalized spacial score (nSPS) is 22.2. The third-order valence-corrected chi connectivity index (χ3v) is 9.52. The SMILES string of the molecule is Cc1p[pH]pc1C1CCCCCCCC1. The van der Waals surface area contributed by atoms with Crippen LogP contribution in [0.5, 0.6) is 0 Å². The molecule has 0 N–H and O–H groups in total. The van der Waals surface area contributed by atoms with Crippen LogP contribution in [-0.2, 0) is 0 Å². The van der Waals surface area contributed by atoms with E-state index >= 15 is 0 Å². The van der Waals surface area contributed by atoms with Crippen LogP contribution in [0.3, 0.4) is 0 Å². The molecule has 84 valence electrons. The van der Waals surface area contributed by atoms with Crippen molar-refractivity contribution in [2.45, 2.75) is 64.2 Å². The van der Waals surface area contributed by atoms with Gasteiger partial charge in [-0.15, -0.1) is 0 Å². The summed E-state index contributed by atoms with van der Waals surface area (Å²) >= 11 is 0. The van der Waals surface area contributed by atoms with E-state index in [1.165, 1.54) is 51.4 Å². The molecular formula is C12H21P3. The number of hydrogen-bond acceptors (Lipinski definition) is 0. The van der Waals surface area contributed by atoms with E-state index in [0.717, 1.165) is 13.5 Å². The molecule has 1 fully saturated rings. The Kier molecular flexibility index (Phi) is 5.16. The molecule has 1 aromatic heterocycles. The third kappa shape index (κ3) is 3.56. The van der Waals surface area contributed by atoms with Gasteiger partial charge < -0.3 is 0 Å². The van der Waals surface area contributed by atoms with Crippen LogP contribution in [0.25, 0.3) is 0 Å². The van der Waals surface area contributed by atoms with Gasteiger partial charge in [-0.1, -0.05) is 46.1 Å². The van der Waals surface area contributed by atoms with E-state index in [1.807, 2.05) is 5.30 Å². The van der Waals surface area contributed by atoms with Crippen molar-refractivity contribution < 1.29 is 0 Å². The van der Waals surface area contributed by atoms with Gasteiger partial charge in [-0.25, -0.2) is 0 Å². The highest BCUT2D eigenvalue weighted by Gasteiger charge is 2.15. The van der Waals surface area contributed by atoms with Crippen molar-refractivity contribution in [2.75, 3.05) is 0 Å². The Balaban J connectivity index is 2.02. The van der Waals surface area contributed by atoms with E-state index in [2.05, 4.69) is 6.92 Å². The van der Waals surface area contributed by atoms with Crippen molar-refractivity contribution in [3.8, 4) is 0 Å². The molecule has 1 aliphatic carbocycles. The molecule has 1 unspecified atom stereocenters. The molecule has 3 heteroatoms. The first-order chi connectivity index (χ1) is 7.38. The number of rotatable bonds is 1. The summed E-state index contributed by atoms with van der Waals surface area (Å²) in [4.78, 5) is 0. The first-order valence-electron chi connectivity index (χ1n) is 6.25. The summed E-state index contributed by atoms with van der Waals surface area (Å²) in [7, 11) is 4.49. The topological polar surface area (TPSA) is 0 Å². The van der Waals surface area contributed by atoms with Crippen LogP contribution in [0.4, 0.5) is 0 Å². The van der Waals surface area contributed by atoms with Gasteiger partial charge in [-0.3, -0.25) is 0 Å². The smallest absolute Gasteiger partial charge is 0.00573 e. The minimum Gasteiger partial charge on any atom is -0.0813 e. The Morgan fingerprint density at radius 2 is 1.53 bits per heavy atom. The highest BCUT2D eigenvalue weighted by atomic mass is 32.1. The van der Waals surface area contributed by atoms with Crippen LogP contribution >= 0.6 is 23.3 Å². The van der Waals surface area contributed by atoms with Crippen molar-refractivity contribution in [1.82, 2.24) is 0 Å². The van der Waals surface area contributed by atoms with Crippen LogP contribution in [0.15, 0.2) is 0 Å². The molecule has 0 radical (unpaired) electrons. The Morgan fingerprint density at radius 1 is 0.933 bits per heavy atom. The maximum absolute atomic E-state index is 2.37. The zero-order valence-corrected chi connectivity index (χ0v) is 12.4. The van der Waals surface area contributed by atoms with Crippen molar-refractivity contribution in [3.63, 3.8) is 0 Å². The van der Waals surface area contributed by atoms with Gasteiger partial charge in [-0.2, -0.15) is 0 Å². The summed E-state index contributed by atoms with van der Waals surface area (Å²) in [6.07, 6.45) is 11.9. The highest BCUT2D eigenvalue weighted by Crippen LogP contribution is 2.47. The molecule has 0 amide bonds. The molecule has 0 bridgehead atoms. The maximum atomic E-state index is 2.37. The standard InChI is InChI=1S/C12H21P3/c1-10-12(14-15-13-10)11-8-6-4-2-3-5-7-9-11/h11,15H,2-9H2,1H3. The summed E-state index contributed by atoms with van der Waals surface area (Å²) in [5.74, 6) is 0.965. The molecule has 0 spiro atoms. The van der Waals surface area contributed by atoms with E-state index in [-0.39, 0.29) is 0 Å². The van der Waals surface area contributed by atoms with E-state index in [0.29, 0.717) is 0 Å². The first-order valence-corrected chi connectivity index (χ1v) is 10.7. The fourth-order valence-electron chi connectivity index (χ4n) is 2.59. The minimum atomic E-state index is 0.965. The molecule has 1 aliphatic rings. The van der Waals surface area contributed by atoms with E-state index in [9.17, 15) is 0 Å². The molecular weight excluding hydrogens is 237 g/mol. The lowest BCUT2D eigenvalue weighted by Gasteiger charge is -2.15. The lowest BCUT2D eigenvalue weighted by Crippen LogP contribution is -1.97. The van der Waals surface area contributed by atoms with Gasteiger partial charge in [0.15, 0.2) is 0 Å². The predicted octanol–water partition coefficient (Wildman–Crippen LogP) is 6.40. The molecule has 2 rings (SSSR count). The van der Waals surface area contributed by atoms with Crippen LogP contribution < -0.4 is 0 Å². The molecule has 0 aliphatic heterocycles. The zero-order chi connectivity index (χ0) is 10.5. The highest BCUT2D eigenvalue weighted by molar-refractivity contribution is 8.17. The summed E-state index contributed by atoms with van der Waals surface area (Å²) in [5, 5.41) is 3.57. The molecule has 1 heterocycles. The molecule has 0 nitrogen and oxygen atoms in total. The lowest BCUT2D eigenvalue weighted by molar-refractivity contribution is 0.546. The minimum absolute atomic E-state index is 0.965. The monoisotopic (exact) mass is 258 g/mol. The van der Waals surface area contributed by atoms with Gasteiger partial charge in [0.1, 0.15) is 0 Å². The van der Waals surface area contributed by atoms with Crippen molar-refractivity contribution in [1.29, 1.82) is 0 Å². The largest absolute Gasteiger partial charge is 0.0813 e. The Hall–Kier alpha value is 0.640. The first kappa shape index (κ1) is 12.1. The molecule has 1 aromatic rings. The molecule has 0 aromatic carbocycles. The van der Waals surface area contributed by atoms with E-state index in [1.54, 1.807) is 21.0 Å². The van der Waals surface area contributed by atoms with Crippen molar-refractivity contribution >= 4 is 23.3 Å². The van der Waals surface area contributed by atoms with Crippen LogP contribution in [-0.4, -0.2) is 0 Å². The fourth-order valence-corrected chi connectivity index (χ4v) is 9.76. The fraction of sp³-hybridized carbons (Fsp3) is 0.833.